The number of hydrogen-bond acceptors (Lipinski definition) is 3. The Bertz CT molecular complexity index is 763. The highest BCUT2D eigenvalue weighted by atomic mass is 19.1. The fourth-order valence-electron chi connectivity index (χ4n) is 2.51. The lowest BCUT2D eigenvalue weighted by atomic mass is 9.86. The van der Waals surface area contributed by atoms with Gasteiger partial charge in [0.2, 0.25) is 0 Å². The highest BCUT2D eigenvalue weighted by Crippen LogP contribution is 2.25. The lowest BCUT2D eigenvalue weighted by Crippen LogP contribution is -2.34. The minimum atomic E-state index is -1.27. The summed E-state index contributed by atoms with van der Waals surface area (Å²) in [7, 11) is 0. The van der Waals surface area contributed by atoms with Crippen molar-refractivity contribution < 1.29 is 19.1 Å². The van der Waals surface area contributed by atoms with E-state index in [4.69, 9.17) is 0 Å². The van der Waals surface area contributed by atoms with E-state index in [1.165, 1.54) is 18.2 Å². The van der Waals surface area contributed by atoms with Gasteiger partial charge in [-0.25, -0.2) is 4.39 Å². The molecule has 0 aliphatic rings. The number of rotatable bonds is 5. The molecule has 0 spiro atoms. The molecule has 2 aromatic carbocycles. The standard InChI is InChI=1S/C20H22FNO3/c1-20(2,3)15-9-7-13(8-10-15)17(12-18(23)24)22-19(25)14-5-4-6-16(21)11-14/h4-11,17H,12H2,1-3H3,(H,22,25)(H,23,24)/p-1/t17-/m0/s1. The molecule has 5 heteroatoms. The van der Waals surface area contributed by atoms with Crippen LogP contribution in [0.2, 0.25) is 0 Å². The van der Waals surface area contributed by atoms with Crippen LogP contribution in [0.3, 0.4) is 0 Å². The summed E-state index contributed by atoms with van der Waals surface area (Å²) < 4.78 is 13.3. The minimum Gasteiger partial charge on any atom is -0.550 e. The Morgan fingerprint density at radius 1 is 1.12 bits per heavy atom. The van der Waals surface area contributed by atoms with Gasteiger partial charge in [-0.15, -0.1) is 0 Å². The third-order valence-corrected chi connectivity index (χ3v) is 3.94. The first kappa shape index (κ1) is 18.6. The zero-order chi connectivity index (χ0) is 18.6. The van der Waals surface area contributed by atoms with Crippen molar-refractivity contribution in [1.82, 2.24) is 5.32 Å². The number of benzene rings is 2. The van der Waals surface area contributed by atoms with Crippen LogP contribution in [0.5, 0.6) is 0 Å². The molecule has 0 saturated carbocycles. The normalized spacial score (nSPS) is 12.5. The molecule has 2 rings (SSSR count). The smallest absolute Gasteiger partial charge is 0.251 e. The molecule has 1 atom stereocenters. The molecule has 1 amide bonds. The average molecular weight is 342 g/mol. The number of hydrogen-bond donors (Lipinski definition) is 1. The largest absolute Gasteiger partial charge is 0.550 e. The van der Waals surface area contributed by atoms with Gasteiger partial charge in [0, 0.05) is 18.0 Å². The molecule has 0 aliphatic carbocycles. The predicted octanol–water partition coefficient (Wildman–Crippen LogP) is 2.73. The van der Waals surface area contributed by atoms with E-state index in [1.54, 1.807) is 12.1 Å². The molecule has 25 heavy (non-hydrogen) atoms. The van der Waals surface area contributed by atoms with Crippen molar-refractivity contribution in [3.63, 3.8) is 0 Å². The Morgan fingerprint density at radius 2 is 1.76 bits per heavy atom. The molecule has 0 radical (unpaired) electrons. The maximum Gasteiger partial charge on any atom is 0.251 e. The van der Waals surface area contributed by atoms with Crippen LogP contribution in [0, 0.1) is 5.82 Å². The van der Waals surface area contributed by atoms with Crippen LogP contribution in [0.25, 0.3) is 0 Å². The van der Waals surface area contributed by atoms with E-state index >= 15 is 0 Å². The first-order chi connectivity index (χ1) is 11.7. The number of carboxylic acid groups (broad SMARTS) is 1. The van der Waals surface area contributed by atoms with Crippen molar-refractivity contribution in [2.75, 3.05) is 0 Å². The van der Waals surface area contributed by atoms with Gasteiger partial charge in [-0.1, -0.05) is 51.1 Å². The van der Waals surface area contributed by atoms with E-state index in [-0.39, 0.29) is 17.4 Å². The summed E-state index contributed by atoms with van der Waals surface area (Å²) in [6, 6.07) is 11.9. The van der Waals surface area contributed by atoms with E-state index in [1.807, 2.05) is 12.1 Å². The second-order valence-corrected chi connectivity index (χ2v) is 6.98. The molecule has 2 aromatic rings. The second-order valence-electron chi connectivity index (χ2n) is 6.98. The number of aliphatic carboxylic acids is 1. The first-order valence-electron chi connectivity index (χ1n) is 8.03. The number of nitrogens with one attached hydrogen (secondary N) is 1. The third-order valence-electron chi connectivity index (χ3n) is 3.94. The Kier molecular flexibility index (Phi) is 5.57. The summed E-state index contributed by atoms with van der Waals surface area (Å²) in [4.78, 5) is 23.4. The van der Waals surface area contributed by atoms with Gasteiger partial charge < -0.3 is 15.2 Å². The van der Waals surface area contributed by atoms with E-state index in [2.05, 4.69) is 26.1 Å². The van der Waals surface area contributed by atoms with E-state index in [0.29, 0.717) is 5.56 Å². The average Bonchev–Trinajstić information content (AvgIpc) is 2.53. The maximum absolute atomic E-state index is 13.3. The van der Waals surface area contributed by atoms with Crippen molar-refractivity contribution in [1.29, 1.82) is 0 Å². The fraction of sp³-hybridized carbons (Fsp3) is 0.300. The zero-order valence-electron chi connectivity index (χ0n) is 14.5. The molecule has 0 aliphatic heterocycles. The molecule has 132 valence electrons. The number of halogens is 1. The molecule has 4 nitrogen and oxygen atoms in total. The molecule has 0 unspecified atom stereocenters. The van der Waals surface area contributed by atoms with Crippen molar-refractivity contribution in [2.24, 2.45) is 0 Å². The molecule has 0 aromatic heterocycles. The summed E-state index contributed by atoms with van der Waals surface area (Å²) in [6.07, 6.45) is -0.365. The molecule has 0 saturated heterocycles. The van der Waals surface area contributed by atoms with Gasteiger partial charge in [0.05, 0.1) is 6.04 Å². The molecule has 0 fully saturated rings. The molecular formula is C20H21FNO3-. The van der Waals surface area contributed by atoms with Gasteiger partial charge in [-0.2, -0.15) is 0 Å². The summed E-state index contributed by atoms with van der Waals surface area (Å²) in [5, 5.41) is 13.7. The van der Waals surface area contributed by atoms with Crippen LogP contribution < -0.4 is 10.4 Å². The third kappa shape index (κ3) is 5.14. The summed E-state index contributed by atoms with van der Waals surface area (Å²) in [5.41, 5.74) is 1.85. The van der Waals surface area contributed by atoms with Crippen molar-refractivity contribution in [3.05, 3.63) is 71.0 Å². The monoisotopic (exact) mass is 342 g/mol. The van der Waals surface area contributed by atoms with E-state index in [0.717, 1.165) is 11.6 Å². The topological polar surface area (TPSA) is 69.2 Å². The van der Waals surface area contributed by atoms with Gasteiger partial charge in [-0.3, -0.25) is 4.79 Å². The number of carbonyl (C=O) groups excluding carboxylic acids is 2. The van der Waals surface area contributed by atoms with E-state index < -0.39 is 23.7 Å². The van der Waals surface area contributed by atoms with Gasteiger partial charge in [0.25, 0.3) is 5.91 Å². The Balaban J connectivity index is 2.24. The molecule has 0 bridgehead atoms. The lowest BCUT2D eigenvalue weighted by Gasteiger charge is -2.23. The second kappa shape index (κ2) is 7.47. The van der Waals surface area contributed by atoms with Crippen LogP contribution in [0.15, 0.2) is 48.5 Å². The molecule has 1 N–H and O–H groups in total. The van der Waals surface area contributed by atoms with Crippen LogP contribution in [0.4, 0.5) is 4.39 Å². The van der Waals surface area contributed by atoms with Crippen LogP contribution in [-0.4, -0.2) is 11.9 Å². The number of carbonyl (C=O) groups is 2. The predicted molar refractivity (Wildman–Crippen MR) is 91.4 cm³/mol. The fourth-order valence-corrected chi connectivity index (χ4v) is 2.51. The van der Waals surface area contributed by atoms with E-state index in [9.17, 15) is 19.1 Å². The van der Waals surface area contributed by atoms with Gasteiger partial charge in [0.15, 0.2) is 0 Å². The molecule has 0 heterocycles. The Morgan fingerprint density at radius 3 is 2.28 bits per heavy atom. The van der Waals surface area contributed by atoms with Crippen molar-refractivity contribution in [2.45, 2.75) is 38.6 Å². The summed E-state index contributed by atoms with van der Waals surface area (Å²) >= 11 is 0. The minimum absolute atomic E-state index is 0.0345. The first-order valence-corrected chi connectivity index (χ1v) is 8.03. The number of amides is 1. The van der Waals surface area contributed by atoms with Gasteiger partial charge in [0.1, 0.15) is 5.82 Å². The highest BCUT2D eigenvalue weighted by molar-refractivity contribution is 5.94. The lowest BCUT2D eigenvalue weighted by molar-refractivity contribution is -0.306. The summed E-state index contributed by atoms with van der Waals surface area (Å²) in [6.45, 7) is 6.23. The van der Waals surface area contributed by atoms with Crippen LogP contribution in [-0.2, 0) is 10.2 Å². The van der Waals surface area contributed by atoms with Crippen LogP contribution in [0.1, 0.15) is 54.7 Å². The van der Waals surface area contributed by atoms with Crippen LogP contribution >= 0.6 is 0 Å². The quantitative estimate of drug-likeness (QED) is 0.908. The Labute approximate surface area is 146 Å². The zero-order valence-corrected chi connectivity index (χ0v) is 14.5. The maximum atomic E-state index is 13.3. The Hall–Kier alpha value is -2.69. The SMILES string of the molecule is CC(C)(C)c1ccc([C@H](CC(=O)[O-])NC(=O)c2cccc(F)c2)cc1. The van der Waals surface area contributed by atoms with Crippen molar-refractivity contribution >= 4 is 11.9 Å². The van der Waals surface area contributed by atoms with Crippen molar-refractivity contribution in [3.8, 4) is 0 Å². The van der Waals surface area contributed by atoms with Gasteiger partial charge in [-0.05, 0) is 34.7 Å². The van der Waals surface area contributed by atoms with Gasteiger partial charge >= 0.3 is 0 Å². The summed E-state index contributed by atoms with van der Waals surface area (Å²) in [5.74, 6) is -2.34. The molecular weight excluding hydrogens is 321 g/mol. The highest BCUT2D eigenvalue weighted by Gasteiger charge is 2.18. The number of carboxylic acids is 1.